The smallest absolute Gasteiger partial charge is 0.253 e. The van der Waals surface area contributed by atoms with Crippen LogP contribution in [0.2, 0.25) is 0 Å². The molecule has 0 spiro atoms. The SMILES string of the molecule is O=C(NC1CCCCC1CO)c1ccc(Br)nc1. The standard InChI is InChI=1S/C13H17BrN2O2/c14-12-6-5-9(7-15-12)13(18)16-11-4-2-1-3-10(11)8-17/h5-7,10-11,17H,1-4,8H2,(H,16,18). The number of pyridine rings is 1. The average Bonchev–Trinajstić information content (AvgIpc) is 2.40. The van der Waals surface area contributed by atoms with Crippen molar-refractivity contribution in [3.8, 4) is 0 Å². The Bertz CT molecular complexity index is 408. The second kappa shape index (κ2) is 6.29. The van der Waals surface area contributed by atoms with Crippen molar-refractivity contribution in [3.05, 3.63) is 28.5 Å². The number of aliphatic hydroxyl groups is 1. The molecule has 2 N–H and O–H groups in total. The fourth-order valence-electron chi connectivity index (χ4n) is 2.38. The van der Waals surface area contributed by atoms with Crippen molar-refractivity contribution in [2.75, 3.05) is 6.61 Å². The van der Waals surface area contributed by atoms with Crippen molar-refractivity contribution in [1.29, 1.82) is 0 Å². The summed E-state index contributed by atoms with van der Waals surface area (Å²) >= 11 is 3.24. The molecule has 18 heavy (non-hydrogen) atoms. The van der Waals surface area contributed by atoms with Gasteiger partial charge in [-0.2, -0.15) is 0 Å². The Kier molecular flexibility index (Phi) is 4.72. The molecular formula is C13H17BrN2O2. The third-order valence-corrected chi connectivity index (χ3v) is 3.92. The van der Waals surface area contributed by atoms with E-state index >= 15 is 0 Å². The minimum absolute atomic E-state index is 0.0832. The molecule has 1 aliphatic carbocycles. The molecule has 4 nitrogen and oxygen atoms in total. The van der Waals surface area contributed by atoms with Crippen molar-refractivity contribution in [1.82, 2.24) is 10.3 Å². The fourth-order valence-corrected chi connectivity index (χ4v) is 2.61. The van der Waals surface area contributed by atoms with Gasteiger partial charge in [-0.15, -0.1) is 0 Å². The van der Waals surface area contributed by atoms with Crippen LogP contribution in [0.15, 0.2) is 22.9 Å². The summed E-state index contributed by atoms with van der Waals surface area (Å²) in [6.07, 6.45) is 5.73. The Labute approximate surface area is 115 Å². The van der Waals surface area contributed by atoms with Gasteiger partial charge in [0.15, 0.2) is 0 Å². The Morgan fingerprint density at radius 3 is 2.89 bits per heavy atom. The van der Waals surface area contributed by atoms with Crippen LogP contribution in [0.5, 0.6) is 0 Å². The highest BCUT2D eigenvalue weighted by molar-refractivity contribution is 9.10. The number of hydrogen-bond donors (Lipinski definition) is 2. The maximum Gasteiger partial charge on any atom is 0.253 e. The summed E-state index contributed by atoms with van der Waals surface area (Å²) in [6.45, 7) is 0.142. The summed E-state index contributed by atoms with van der Waals surface area (Å²) in [5, 5.41) is 12.3. The first-order valence-corrected chi connectivity index (χ1v) is 7.03. The van der Waals surface area contributed by atoms with Gasteiger partial charge in [-0.25, -0.2) is 4.98 Å². The van der Waals surface area contributed by atoms with Gasteiger partial charge < -0.3 is 10.4 Å². The summed E-state index contributed by atoms with van der Waals surface area (Å²) in [5.74, 6) is 0.0754. The van der Waals surface area contributed by atoms with Crippen LogP contribution >= 0.6 is 15.9 Å². The third kappa shape index (κ3) is 3.29. The van der Waals surface area contributed by atoms with Crippen LogP contribution in [0.1, 0.15) is 36.0 Å². The lowest BCUT2D eigenvalue weighted by atomic mass is 9.85. The highest BCUT2D eigenvalue weighted by Gasteiger charge is 2.26. The number of rotatable bonds is 3. The molecule has 0 aromatic carbocycles. The van der Waals surface area contributed by atoms with Crippen LogP contribution in [0.4, 0.5) is 0 Å². The van der Waals surface area contributed by atoms with Gasteiger partial charge in [0, 0.05) is 24.8 Å². The number of nitrogens with one attached hydrogen (secondary N) is 1. The Balaban J connectivity index is 1.99. The van der Waals surface area contributed by atoms with Gasteiger partial charge in [-0.1, -0.05) is 12.8 Å². The Morgan fingerprint density at radius 1 is 1.44 bits per heavy atom. The summed E-state index contributed by atoms with van der Waals surface area (Å²) < 4.78 is 0.713. The molecule has 1 heterocycles. The molecule has 1 aromatic rings. The topological polar surface area (TPSA) is 62.2 Å². The van der Waals surface area contributed by atoms with E-state index in [-0.39, 0.29) is 24.5 Å². The van der Waals surface area contributed by atoms with E-state index in [0.29, 0.717) is 10.2 Å². The van der Waals surface area contributed by atoms with Crippen LogP contribution in [0, 0.1) is 5.92 Å². The number of aliphatic hydroxyl groups excluding tert-OH is 1. The Morgan fingerprint density at radius 2 is 2.22 bits per heavy atom. The summed E-state index contributed by atoms with van der Waals surface area (Å²) in [7, 11) is 0. The van der Waals surface area contributed by atoms with Gasteiger partial charge in [0.2, 0.25) is 0 Å². The zero-order valence-corrected chi connectivity index (χ0v) is 11.7. The Hall–Kier alpha value is -0.940. The molecule has 0 saturated heterocycles. The third-order valence-electron chi connectivity index (χ3n) is 3.45. The van der Waals surface area contributed by atoms with Crippen LogP contribution in [-0.2, 0) is 0 Å². The van der Waals surface area contributed by atoms with E-state index in [2.05, 4.69) is 26.2 Å². The highest BCUT2D eigenvalue weighted by atomic mass is 79.9. The van der Waals surface area contributed by atoms with Crippen molar-refractivity contribution in [3.63, 3.8) is 0 Å². The lowest BCUT2D eigenvalue weighted by Crippen LogP contribution is -2.43. The molecule has 1 aliphatic rings. The fraction of sp³-hybridized carbons (Fsp3) is 0.538. The van der Waals surface area contributed by atoms with Crippen molar-refractivity contribution < 1.29 is 9.90 Å². The molecule has 0 radical (unpaired) electrons. The molecule has 1 amide bonds. The number of carbonyl (C=O) groups is 1. The first kappa shape index (κ1) is 13.5. The molecule has 0 aliphatic heterocycles. The number of aromatic nitrogens is 1. The summed E-state index contributed by atoms with van der Waals surface area (Å²) in [4.78, 5) is 16.1. The van der Waals surface area contributed by atoms with Gasteiger partial charge in [-0.05, 0) is 40.9 Å². The van der Waals surface area contributed by atoms with E-state index in [1.165, 1.54) is 0 Å². The van der Waals surface area contributed by atoms with E-state index in [1.54, 1.807) is 18.3 Å². The second-order valence-corrected chi connectivity index (χ2v) is 5.49. The van der Waals surface area contributed by atoms with Crippen LogP contribution in [0.25, 0.3) is 0 Å². The van der Waals surface area contributed by atoms with Gasteiger partial charge in [0.1, 0.15) is 4.60 Å². The lowest BCUT2D eigenvalue weighted by molar-refractivity contribution is 0.0872. The minimum atomic E-state index is -0.111. The monoisotopic (exact) mass is 312 g/mol. The molecule has 98 valence electrons. The predicted molar refractivity (Wildman–Crippen MR) is 72.2 cm³/mol. The summed E-state index contributed by atoms with van der Waals surface area (Å²) in [5.41, 5.74) is 0.556. The lowest BCUT2D eigenvalue weighted by Gasteiger charge is -2.30. The molecule has 5 heteroatoms. The van der Waals surface area contributed by atoms with Crippen LogP contribution in [0.3, 0.4) is 0 Å². The molecule has 1 aromatic heterocycles. The maximum absolute atomic E-state index is 12.0. The maximum atomic E-state index is 12.0. The van der Waals surface area contributed by atoms with Gasteiger partial charge in [-0.3, -0.25) is 4.79 Å². The van der Waals surface area contributed by atoms with E-state index in [9.17, 15) is 9.90 Å². The molecular weight excluding hydrogens is 296 g/mol. The van der Waals surface area contributed by atoms with Crippen LogP contribution in [-0.4, -0.2) is 28.6 Å². The number of hydrogen-bond acceptors (Lipinski definition) is 3. The van der Waals surface area contributed by atoms with Crippen LogP contribution < -0.4 is 5.32 Å². The molecule has 2 atom stereocenters. The first-order chi connectivity index (χ1) is 8.70. The second-order valence-electron chi connectivity index (χ2n) is 4.68. The van der Waals surface area contributed by atoms with Gasteiger partial charge in [0.25, 0.3) is 5.91 Å². The predicted octanol–water partition coefficient (Wildman–Crippen LogP) is 2.12. The average molecular weight is 313 g/mol. The molecule has 1 fully saturated rings. The van der Waals surface area contributed by atoms with Gasteiger partial charge >= 0.3 is 0 Å². The van der Waals surface area contributed by atoms with E-state index in [0.717, 1.165) is 25.7 Å². The van der Waals surface area contributed by atoms with E-state index in [1.807, 2.05) is 0 Å². The summed E-state index contributed by atoms with van der Waals surface area (Å²) in [6, 6.07) is 3.57. The molecule has 1 saturated carbocycles. The number of halogens is 1. The largest absolute Gasteiger partial charge is 0.396 e. The zero-order valence-electron chi connectivity index (χ0n) is 10.1. The van der Waals surface area contributed by atoms with E-state index < -0.39 is 0 Å². The quantitative estimate of drug-likeness (QED) is 0.840. The molecule has 2 unspecified atom stereocenters. The number of carbonyl (C=O) groups excluding carboxylic acids is 1. The van der Waals surface area contributed by atoms with Crippen molar-refractivity contribution >= 4 is 21.8 Å². The van der Waals surface area contributed by atoms with E-state index in [4.69, 9.17) is 0 Å². The van der Waals surface area contributed by atoms with Crippen molar-refractivity contribution in [2.24, 2.45) is 5.92 Å². The molecule has 2 rings (SSSR count). The first-order valence-electron chi connectivity index (χ1n) is 6.24. The zero-order chi connectivity index (χ0) is 13.0. The number of nitrogens with zero attached hydrogens (tertiary/aromatic N) is 1. The normalized spacial score (nSPS) is 23.7. The minimum Gasteiger partial charge on any atom is -0.396 e. The van der Waals surface area contributed by atoms with Crippen molar-refractivity contribution in [2.45, 2.75) is 31.7 Å². The highest BCUT2D eigenvalue weighted by Crippen LogP contribution is 2.24. The number of amides is 1. The molecule has 0 bridgehead atoms. The van der Waals surface area contributed by atoms with Gasteiger partial charge in [0.05, 0.1) is 5.56 Å².